The van der Waals surface area contributed by atoms with E-state index in [0.29, 0.717) is 21.5 Å². The number of carbonyl (C=O) groups excluding carboxylic acids is 1. The molecular formula is C25H25ClN2O3S. The van der Waals surface area contributed by atoms with Crippen molar-refractivity contribution in [2.75, 3.05) is 13.1 Å². The van der Waals surface area contributed by atoms with Crippen molar-refractivity contribution in [2.24, 2.45) is 5.92 Å². The number of aromatic nitrogens is 1. The highest BCUT2D eigenvalue weighted by molar-refractivity contribution is 7.12. The first-order valence-electron chi connectivity index (χ1n) is 10.7. The van der Waals surface area contributed by atoms with Crippen LogP contribution in [-0.4, -0.2) is 40.0 Å². The number of nitrogens with zero attached hydrogens (tertiary/aromatic N) is 2. The summed E-state index contributed by atoms with van der Waals surface area (Å²) in [5.41, 5.74) is 2.57. The third-order valence-corrected chi connectivity index (χ3v) is 7.50. The molecule has 166 valence electrons. The molecule has 3 aromatic rings. The van der Waals surface area contributed by atoms with Crippen molar-refractivity contribution in [2.45, 2.75) is 32.1 Å². The maximum atomic E-state index is 11.8. The van der Waals surface area contributed by atoms with Gasteiger partial charge in [0.2, 0.25) is 5.91 Å². The molecule has 1 saturated heterocycles. The summed E-state index contributed by atoms with van der Waals surface area (Å²) >= 11 is 7.91. The molecule has 0 aliphatic carbocycles. The molecule has 4 rings (SSSR count). The smallest absolute Gasteiger partial charge is 0.308 e. The number of carbonyl (C=O) groups is 2. The molecule has 0 spiro atoms. The van der Waals surface area contributed by atoms with Crippen molar-refractivity contribution < 1.29 is 14.7 Å². The number of benzene rings is 2. The van der Waals surface area contributed by atoms with Crippen LogP contribution in [0.15, 0.2) is 54.6 Å². The highest BCUT2D eigenvalue weighted by Gasteiger charge is 2.33. The van der Waals surface area contributed by atoms with E-state index in [1.54, 1.807) is 13.0 Å². The van der Waals surface area contributed by atoms with Crippen LogP contribution >= 0.6 is 22.9 Å². The number of likely N-dealkylation sites (tertiary alicyclic amines) is 1. The Labute approximate surface area is 196 Å². The van der Waals surface area contributed by atoms with Crippen LogP contribution in [0.25, 0.3) is 11.3 Å². The Hall–Kier alpha value is -2.70. The van der Waals surface area contributed by atoms with E-state index in [9.17, 15) is 14.7 Å². The second-order valence-electron chi connectivity index (χ2n) is 8.11. The number of halogens is 1. The fraction of sp³-hybridized carbons (Fsp3) is 0.320. The second kappa shape index (κ2) is 9.84. The van der Waals surface area contributed by atoms with Gasteiger partial charge in [0.15, 0.2) is 0 Å². The fourth-order valence-corrected chi connectivity index (χ4v) is 5.97. The number of hydrogen-bond acceptors (Lipinski definition) is 4. The van der Waals surface area contributed by atoms with Gasteiger partial charge >= 0.3 is 5.97 Å². The largest absolute Gasteiger partial charge is 0.481 e. The first-order valence-corrected chi connectivity index (χ1v) is 11.9. The molecule has 2 heterocycles. The molecule has 32 heavy (non-hydrogen) atoms. The third-order valence-electron chi connectivity index (χ3n) is 6.04. The van der Waals surface area contributed by atoms with Crippen LogP contribution in [0.2, 0.25) is 5.02 Å². The van der Waals surface area contributed by atoms with Crippen molar-refractivity contribution >= 4 is 34.8 Å². The normalized spacial score (nSPS) is 15.5. The van der Waals surface area contributed by atoms with Crippen LogP contribution in [0.4, 0.5) is 0 Å². The first-order chi connectivity index (χ1) is 15.4. The van der Waals surface area contributed by atoms with E-state index < -0.39 is 5.97 Å². The summed E-state index contributed by atoms with van der Waals surface area (Å²) in [5.74, 6) is -0.423. The van der Waals surface area contributed by atoms with Crippen LogP contribution < -0.4 is 0 Å². The zero-order chi connectivity index (χ0) is 22.7. The van der Waals surface area contributed by atoms with Gasteiger partial charge in [0.05, 0.1) is 12.1 Å². The minimum atomic E-state index is -0.889. The van der Waals surface area contributed by atoms with Gasteiger partial charge in [-0.15, -0.1) is 11.3 Å². The Bertz CT molecular complexity index is 1110. The Morgan fingerprint density at radius 2 is 1.78 bits per heavy atom. The number of rotatable bonds is 6. The summed E-state index contributed by atoms with van der Waals surface area (Å²) in [4.78, 5) is 31.0. The van der Waals surface area contributed by atoms with Crippen LogP contribution in [0.3, 0.4) is 0 Å². The van der Waals surface area contributed by atoms with Crippen molar-refractivity contribution in [3.8, 4) is 11.3 Å². The molecule has 7 heteroatoms. The van der Waals surface area contributed by atoms with E-state index in [1.165, 1.54) is 11.3 Å². The Balaban J connectivity index is 1.77. The maximum Gasteiger partial charge on any atom is 0.308 e. The average Bonchev–Trinajstić information content (AvgIpc) is 3.17. The molecule has 1 aromatic heterocycles. The number of carboxylic acids is 1. The number of piperidine rings is 1. The quantitative estimate of drug-likeness (QED) is 0.520. The number of hydrogen-bond donors (Lipinski definition) is 1. The molecule has 0 bridgehead atoms. The van der Waals surface area contributed by atoms with E-state index in [0.717, 1.165) is 42.1 Å². The van der Waals surface area contributed by atoms with E-state index in [-0.39, 0.29) is 18.2 Å². The molecule has 1 amide bonds. The minimum absolute atomic E-state index is 0.0408. The molecule has 1 aliphatic rings. The summed E-state index contributed by atoms with van der Waals surface area (Å²) in [7, 11) is 0. The lowest BCUT2D eigenvalue weighted by molar-refractivity contribution is -0.136. The van der Waals surface area contributed by atoms with Crippen LogP contribution in [-0.2, 0) is 16.0 Å². The lowest BCUT2D eigenvalue weighted by Crippen LogP contribution is -2.38. The summed E-state index contributed by atoms with van der Waals surface area (Å²) in [5, 5.41) is 11.0. The van der Waals surface area contributed by atoms with Gasteiger partial charge in [0.25, 0.3) is 0 Å². The molecule has 2 aromatic carbocycles. The zero-order valence-corrected chi connectivity index (χ0v) is 19.4. The number of aliphatic carboxylic acids is 1. The molecule has 0 radical (unpaired) electrons. The second-order valence-corrected chi connectivity index (χ2v) is 9.63. The fourth-order valence-electron chi connectivity index (χ4n) is 4.45. The minimum Gasteiger partial charge on any atom is -0.481 e. The Kier molecular flexibility index (Phi) is 6.92. The predicted molar refractivity (Wildman–Crippen MR) is 127 cm³/mol. The number of amides is 1. The highest BCUT2D eigenvalue weighted by Crippen LogP contribution is 2.43. The van der Waals surface area contributed by atoms with Gasteiger partial charge in [0, 0.05) is 41.4 Å². The van der Waals surface area contributed by atoms with Crippen molar-refractivity contribution in [1.29, 1.82) is 0 Å². The average molecular weight is 469 g/mol. The molecule has 1 aliphatic heterocycles. The van der Waals surface area contributed by atoms with Gasteiger partial charge in [-0.3, -0.25) is 9.59 Å². The van der Waals surface area contributed by atoms with Crippen LogP contribution in [0.5, 0.6) is 0 Å². The zero-order valence-electron chi connectivity index (χ0n) is 17.8. The molecule has 1 fully saturated rings. The van der Waals surface area contributed by atoms with E-state index in [2.05, 4.69) is 12.1 Å². The van der Waals surface area contributed by atoms with Gasteiger partial charge in [-0.25, -0.2) is 4.98 Å². The Morgan fingerprint density at radius 3 is 2.41 bits per heavy atom. The van der Waals surface area contributed by atoms with Crippen molar-refractivity contribution in [1.82, 2.24) is 9.88 Å². The summed E-state index contributed by atoms with van der Waals surface area (Å²) in [6.07, 6.45) is 1.67. The SMILES string of the molecule is CC(=O)N1CCC(C(c2ccccc2)c2nc(-c3ccccc3Cl)c(CC(=O)O)s2)CC1. The lowest BCUT2D eigenvalue weighted by Gasteiger charge is -2.35. The molecule has 1 unspecified atom stereocenters. The lowest BCUT2D eigenvalue weighted by atomic mass is 9.80. The molecule has 1 atom stereocenters. The molecular weight excluding hydrogens is 444 g/mol. The van der Waals surface area contributed by atoms with Gasteiger partial charge in [-0.05, 0) is 30.4 Å². The molecule has 5 nitrogen and oxygen atoms in total. The molecule has 0 saturated carbocycles. The Morgan fingerprint density at radius 1 is 1.12 bits per heavy atom. The van der Waals surface area contributed by atoms with Gasteiger partial charge in [0.1, 0.15) is 5.01 Å². The number of thiazole rings is 1. The van der Waals surface area contributed by atoms with Crippen molar-refractivity contribution in [3.05, 3.63) is 75.1 Å². The van der Waals surface area contributed by atoms with Gasteiger partial charge in [-0.2, -0.15) is 0 Å². The third kappa shape index (κ3) is 4.87. The number of carboxylic acid groups (broad SMARTS) is 1. The highest BCUT2D eigenvalue weighted by atomic mass is 35.5. The topological polar surface area (TPSA) is 70.5 Å². The van der Waals surface area contributed by atoms with Crippen LogP contribution in [0.1, 0.15) is 41.1 Å². The summed E-state index contributed by atoms with van der Waals surface area (Å²) in [6.45, 7) is 3.08. The summed E-state index contributed by atoms with van der Waals surface area (Å²) < 4.78 is 0. The van der Waals surface area contributed by atoms with Gasteiger partial charge < -0.3 is 10.0 Å². The maximum absolute atomic E-state index is 11.8. The monoisotopic (exact) mass is 468 g/mol. The van der Waals surface area contributed by atoms with E-state index in [4.69, 9.17) is 16.6 Å². The van der Waals surface area contributed by atoms with Crippen molar-refractivity contribution in [3.63, 3.8) is 0 Å². The predicted octanol–water partition coefficient (Wildman–Crippen LogP) is 5.48. The standard InChI is InChI=1S/C25H25ClN2O3S/c1-16(29)28-13-11-18(12-14-28)23(17-7-3-2-4-8-17)25-27-24(21(32-25)15-22(30)31)19-9-5-6-10-20(19)26/h2-10,18,23H,11-15H2,1H3,(H,30,31). The first kappa shape index (κ1) is 22.5. The van der Waals surface area contributed by atoms with E-state index >= 15 is 0 Å². The van der Waals surface area contributed by atoms with Crippen LogP contribution in [0, 0.1) is 5.92 Å². The van der Waals surface area contributed by atoms with Gasteiger partial charge in [-0.1, -0.05) is 60.1 Å². The van der Waals surface area contributed by atoms with E-state index in [1.807, 2.05) is 41.3 Å². The summed E-state index contributed by atoms with van der Waals surface area (Å²) in [6, 6.07) is 17.7. The molecule has 1 N–H and O–H groups in total.